The monoisotopic (exact) mass is 178 g/mol. The molecule has 0 N–H and O–H groups in total. The average Bonchev–Trinajstić information content (AvgIpc) is 2.00. The molecule has 0 amide bonds. The van der Waals surface area contributed by atoms with Crippen molar-refractivity contribution >= 4 is 7.60 Å². The molecule has 0 aliphatic carbocycles. The summed E-state index contributed by atoms with van der Waals surface area (Å²) in [6.07, 6.45) is 1.09. The molecule has 0 unspecified atom stereocenters. The zero-order valence-electron chi connectivity index (χ0n) is 7.29. The van der Waals surface area contributed by atoms with Crippen LogP contribution in [0.2, 0.25) is 0 Å². The van der Waals surface area contributed by atoms with Crippen LogP contribution in [0, 0.1) is 0 Å². The van der Waals surface area contributed by atoms with Crippen molar-refractivity contribution in [3.63, 3.8) is 0 Å². The Morgan fingerprint density at radius 2 is 1.91 bits per heavy atom. The Kier molecular flexibility index (Phi) is 4.66. The lowest BCUT2D eigenvalue weighted by molar-refractivity contribution is 0.276. The van der Waals surface area contributed by atoms with Gasteiger partial charge in [0.2, 0.25) is 0 Å². The second-order valence-corrected chi connectivity index (χ2v) is 4.81. The Bertz CT molecular complexity index is 169. The zero-order chi connectivity index (χ0) is 8.91. The highest BCUT2D eigenvalue weighted by atomic mass is 31.2. The maximum atomic E-state index is 11.4. The lowest BCUT2D eigenvalue weighted by Crippen LogP contribution is -1.94. The summed E-state index contributed by atoms with van der Waals surface area (Å²) in [4.78, 5) is 0. The van der Waals surface area contributed by atoms with Gasteiger partial charge in [-0.2, -0.15) is 0 Å². The molecule has 0 atom stereocenters. The van der Waals surface area contributed by atoms with Gasteiger partial charge in [0.15, 0.2) is 0 Å². The lowest BCUT2D eigenvalue weighted by Gasteiger charge is -2.12. The fourth-order valence-corrected chi connectivity index (χ4v) is 1.75. The highest BCUT2D eigenvalue weighted by Crippen LogP contribution is 2.47. The van der Waals surface area contributed by atoms with E-state index in [0.717, 1.165) is 5.57 Å². The molecule has 0 aromatic carbocycles. The Balaban J connectivity index is 3.89. The molecule has 0 saturated carbocycles. The molecule has 4 heteroatoms. The van der Waals surface area contributed by atoms with E-state index in [0.29, 0.717) is 12.6 Å². The van der Waals surface area contributed by atoms with E-state index in [1.54, 1.807) is 0 Å². The number of hydrogen-bond acceptors (Lipinski definition) is 3. The Morgan fingerprint density at radius 1 is 1.45 bits per heavy atom. The van der Waals surface area contributed by atoms with Crippen molar-refractivity contribution in [2.75, 3.05) is 20.4 Å². The van der Waals surface area contributed by atoms with Gasteiger partial charge in [-0.3, -0.25) is 4.57 Å². The van der Waals surface area contributed by atoms with Gasteiger partial charge in [-0.05, 0) is 13.3 Å². The van der Waals surface area contributed by atoms with E-state index in [2.05, 4.69) is 6.58 Å². The molecule has 0 radical (unpaired) electrons. The van der Waals surface area contributed by atoms with Crippen LogP contribution in [0.4, 0.5) is 0 Å². The molecule has 11 heavy (non-hydrogen) atoms. The Morgan fingerprint density at radius 3 is 2.18 bits per heavy atom. The molecule has 0 aliphatic rings. The van der Waals surface area contributed by atoms with Gasteiger partial charge in [-0.1, -0.05) is 5.57 Å². The van der Waals surface area contributed by atoms with E-state index in [1.807, 2.05) is 6.92 Å². The minimum atomic E-state index is -2.80. The van der Waals surface area contributed by atoms with Gasteiger partial charge in [-0.25, -0.2) is 0 Å². The first-order valence-electron chi connectivity index (χ1n) is 3.39. The van der Waals surface area contributed by atoms with Crippen LogP contribution in [-0.2, 0) is 13.6 Å². The van der Waals surface area contributed by atoms with Crippen LogP contribution in [0.3, 0.4) is 0 Å². The molecular formula is C7H15O3P. The van der Waals surface area contributed by atoms with Crippen LogP contribution >= 0.6 is 7.60 Å². The smallest absolute Gasteiger partial charge is 0.312 e. The lowest BCUT2D eigenvalue weighted by atomic mass is 10.3. The maximum absolute atomic E-state index is 11.4. The van der Waals surface area contributed by atoms with E-state index in [9.17, 15) is 4.57 Å². The third kappa shape index (κ3) is 4.35. The summed E-state index contributed by atoms with van der Waals surface area (Å²) in [6, 6.07) is 0. The third-order valence-corrected chi connectivity index (χ3v) is 3.25. The van der Waals surface area contributed by atoms with E-state index >= 15 is 0 Å². The van der Waals surface area contributed by atoms with Crippen LogP contribution in [0.1, 0.15) is 13.3 Å². The van der Waals surface area contributed by atoms with Crippen LogP contribution in [0.5, 0.6) is 0 Å². The van der Waals surface area contributed by atoms with Gasteiger partial charge in [0.25, 0.3) is 0 Å². The second-order valence-electron chi connectivity index (χ2n) is 2.41. The first-order chi connectivity index (χ1) is 5.04. The van der Waals surface area contributed by atoms with Crippen LogP contribution in [0.15, 0.2) is 12.2 Å². The van der Waals surface area contributed by atoms with Crippen LogP contribution in [-0.4, -0.2) is 20.4 Å². The molecule has 0 fully saturated rings. The van der Waals surface area contributed by atoms with Crippen molar-refractivity contribution in [1.29, 1.82) is 0 Å². The number of allylic oxidation sites excluding steroid dienone is 1. The second kappa shape index (κ2) is 4.70. The quantitative estimate of drug-likeness (QED) is 0.479. The molecule has 3 nitrogen and oxygen atoms in total. The Labute approximate surface area is 67.9 Å². The van der Waals surface area contributed by atoms with Crippen molar-refractivity contribution < 1.29 is 13.6 Å². The van der Waals surface area contributed by atoms with Crippen molar-refractivity contribution in [2.24, 2.45) is 0 Å². The first kappa shape index (κ1) is 10.9. The van der Waals surface area contributed by atoms with E-state index in [1.165, 1.54) is 14.2 Å². The normalized spacial score (nSPS) is 11.5. The van der Waals surface area contributed by atoms with E-state index in [4.69, 9.17) is 9.05 Å². The van der Waals surface area contributed by atoms with E-state index < -0.39 is 7.60 Å². The summed E-state index contributed by atoms with van der Waals surface area (Å²) < 4.78 is 20.8. The van der Waals surface area contributed by atoms with E-state index in [-0.39, 0.29) is 0 Å². The first-order valence-corrected chi connectivity index (χ1v) is 5.12. The van der Waals surface area contributed by atoms with Crippen molar-refractivity contribution in [1.82, 2.24) is 0 Å². The number of rotatable bonds is 5. The van der Waals surface area contributed by atoms with Crippen molar-refractivity contribution in [3.8, 4) is 0 Å². The predicted octanol–water partition coefficient (Wildman–Crippen LogP) is 2.44. The molecule has 0 aromatic rings. The molecule has 0 rings (SSSR count). The van der Waals surface area contributed by atoms with Gasteiger partial charge in [0.05, 0.1) is 6.16 Å². The molecule has 66 valence electrons. The summed E-state index contributed by atoms with van der Waals surface area (Å²) >= 11 is 0. The molecule has 0 bridgehead atoms. The summed E-state index contributed by atoms with van der Waals surface area (Å²) in [5, 5.41) is 0. The summed E-state index contributed by atoms with van der Waals surface area (Å²) in [7, 11) is -0.0127. The third-order valence-electron chi connectivity index (χ3n) is 1.37. The SMILES string of the molecule is C=C(C)CCP(=O)(OC)OC. The molecule has 0 saturated heterocycles. The fourth-order valence-electron chi connectivity index (χ4n) is 0.585. The highest BCUT2D eigenvalue weighted by Gasteiger charge is 2.19. The van der Waals surface area contributed by atoms with Gasteiger partial charge in [-0.15, -0.1) is 6.58 Å². The zero-order valence-corrected chi connectivity index (χ0v) is 8.19. The summed E-state index contributed by atoms with van der Waals surface area (Å²) in [5.74, 6) is 0. The number of hydrogen-bond donors (Lipinski definition) is 0. The van der Waals surface area contributed by atoms with Crippen molar-refractivity contribution in [3.05, 3.63) is 12.2 Å². The summed E-state index contributed by atoms with van der Waals surface area (Å²) in [5.41, 5.74) is 0.985. The molecule has 0 spiro atoms. The standard InChI is InChI=1S/C7H15O3P/c1-7(2)5-6-11(8,9-3)10-4/h1,5-6H2,2-4H3. The van der Waals surface area contributed by atoms with Gasteiger partial charge < -0.3 is 9.05 Å². The van der Waals surface area contributed by atoms with Gasteiger partial charge in [0.1, 0.15) is 0 Å². The molecular weight excluding hydrogens is 163 g/mol. The Hall–Kier alpha value is -0.110. The highest BCUT2D eigenvalue weighted by molar-refractivity contribution is 7.53. The van der Waals surface area contributed by atoms with Crippen LogP contribution in [0.25, 0.3) is 0 Å². The molecule has 0 aliphatic heterocycles. The summed E-state index contributed by atoms with van der Waals surface area (Å²) in [6.45, 7) is 5.58. The maximum Gasteiger partial charge on any atom is 0.330 e. The molecule has 0 aromatic heterocycles. The minimum Gasteiger partial charge on any atom is -0.312 e. The molecule has 0 heterocycles. The predicted molar refractivity (Wildman–Crippen MR) is 45.9 cm³/mol. The van der Waals surface area contributed by atoms with Gasteiger partial charge in [0, 0.05) is 14.2 Å². The van der Waals surface area contributed by atoms with Crippen LogP contribution < -0.4 is 0 Å². The minimum absolute atomic E-state index is 0.412. The topological polar surface area (TPSA) is 35.5 Å². The van der Waals surface area contributed by atoms with Gasteiger partial charge >= 0.3 is 7.60 Å². The average molecular weight is 178 g/mol. The largest absolute Gasteiger partial charge is 0.330 e. The fraction of sp³-hybridized carbons (Fsp3) is 0.714. The van der Waals surface area contributed by atoms with Crippen molar-refractivity contribution in [2.45, 2.75) is 13.3 Å².